The normalized spacial score (nSPS) is 15.1. The molecule has 3 rings (SSSR count). The van der Waals surface area contributed by atoms with Gasteiger partial charge >= 0.3 is 0 Å². The molecule has 0 saturated carbocycles. The van der Waals surface area contributed by atoms with Gasteiger partial charge in [0.15, 0.2) is 5.78 Å². The number of benzene rings is 2. The summed E-state index contributed by atoms with van der Waals surface area (Å²) in [6, 6.07) is 17.6. The van der Waals surface area contributed by atoms with E-state index in [0.29, 0.717) is 6.54 Å². The van der Waals surface area contributed by atoms with Gasteiger partial charge in [0, 0.05) is 43.3 Å². The van der Waals surface area contributed by atoms with Crippen LogP contribution in [0.5, 0.6) is 0 Å². The van der Waals surface area contributed by atoms with Crippen molar-refractivity contribution in [3.8, 4) is 0 Å². The zero-order valence-electron chi connectivity index (χ0n) is 13.9. The lowest BCUT2D eigenvalue weighted by Gasteiger charge is -2.34. The van der Waals surface area contributed by atoms with E-state index in [1.54, 1.807) is 0 Å². The van der Waals surface area contributed by atoms with Gasteiger partial charge in [-0.3, -0.25) is 14.6 Å². The Kier molecular flexibility index (Phi) is 9.47. The van der Waals surface area contributed by atoms with E-state index >= 15 is 0 Å². The summed E-state index contributed by atoms with van der Waals surface area (Å²) in [6.45, 7) is 5.31. The number of piperazine rings is 1. The number of rotatable bonds is 5. The number of hydrogen-bond donors (Lipinski definition) is 0. The second kappa shape index (κ2) is 10.8. The smallest absolute Gasteiger partial charge is 0.176 e. The number of nitrogens with zero attached hydrogens (tertiary/aromatic N) is 2. The predicted molar refractivity (Wildman–Crippen MR) is 108 cm³/mol. The summed E-state index contributed by atoms with van der Waals surface area (Å²) in [5.74, 6) is 0.205. The second-order valence-corrected chi connectivity index (χ2v) is 6.40. The molecule has 136 valence electrons. The number of halogens is 3. The van der Waals surface area contributed by atoms with Gasteiger partial charge in [-0.15, -0.1) is 24.8 Å². The minimum Gasteiger partial charge on any atom is -0.297 e. The molecule has 6 heteroatoms. The van der Waals surface area contributed by atoms with Crippen molar-refractivity contribution in [1.29, 1.82) is 0 Å². The molecule has 0 N–H and O–H groups in total. The number of carbonyl (C=O) groups excluding carboxylic acids is 1. The van der Waals surface area contributed by atoms with E-state index in [1.165, 1.54) is 5.56 Å². The van der Waals surface area contributed by atoms with Crippen molar-refractivity contribution in [2.45, 2.75) is 6.54 Å². The first-order valence-corrected chi connectivity index (χ1v) is 8.36. The van der Waals surface area contributed by atoms with Crippen LogP contribution < -0.4 is 0 Å². The fourth-order valence-electron chi connectivity index (χ4n) is 2.87. The zero-order valence-corrected chi connectivity index (χ0v) is 16.3. The molecule has 1 aliphatic heterocycles. The van der Waals surface area contributed by atoms with Crippen molar-refractivity contribution < 1.29 is 4.79 Å². The third-order valence-corrected chi connectivity index (χ3v) is 4.50. The molecule has 0 atom stereocenters. The monoisotopic (exact) mass is 400 g/mol. The molecule has 0 aromatic heterocycles. The zero-order chi connectivity index (χ0) is 16.1. The molecule has 0 amide bonds. The first-order valence-electron chi connectivity index (χ1n) is 7.98. The SMILES string of the molecule is Cl.Cl.O=C(CN1CCN(Cc2ccc(Cl)cc2)CC1)c1ccccc1. The molecule has 0 aliphatic carbocycles. The number of ketones is 1. The summed E-state index contributed by atoms with van der Waals surface area (Å²) in [4.78, 5) is 16.9. The van der Waals surface area contributed by atoms with Crippen LogP contribution in [0.15, 0.2) is 54.6 Å². The molecule has 1 saturated heterocycles. The van der Waals surface area contributed by atoms with E-state index in [1.807, 2.05) is 42.5 Å². The topological polar surface area (TPSA) is 23.6 Å². The van der Waals surface area contributed by atoms with Crippen LogP contribution in [0.3, 0.4) is 0 Å². The Bertz CT molecular complexity index is 641. The first kappa shape index (κ1) is 21.9. The average molecular weight is 402 g/mol. The van der Waals surface area contributed by atoms with E-state index in [2.05, 4.69) is 21.9 Å². The van der Waals surface area contributed by atoms with Crippen molar-refractivity contribution in [3.63, 3.8) is 0 Å². The van der Waals surface area contributed by atoms with Crippen LogP contribution in [0.25, 0.3) is 0 Å². The summed E-state index contributed by atoms with van der Waals surface area (Å²) in [5.41, 5.74) is 2.08. The Hall–Kier alpha value is -1.10. The lowest BCUT2D eigenvalue weighted by molar-refractivity contribution is 0.0844. The molecule has 0 radical (unpaired) electrons. The predicted octanol–water partition coefficient (Wildman–Crippen LogP) is 4.18. The summed E-state index contributed by atoms with van der Waals surface area (Å²) in [7, 11) is 0. The van der Waals surface area contributed by atoms with Crippen LogP contribution in [0.4, 0.5) is 0 Å². The van der Waals surface area contributed by atoms with Gasteiger partial charge in [-0.05, 0) is 17.7 Å². The van der Waals surface area contributed by atoms with Crippen LogP contribution >= 0.6 is 36.4 Å². The molecule has 2 aromatic carbocycles. The van der Waals surface area contributed by atoms with Gasteiger partial charge < -0.3 is 0 Å². The molecular weight excluding hydrogens is 379 g/mol. The Labute approximate surface area is 166 Å². The maximum absolute atomic E-state index is 12.2. The van der Waals surface area contributed by atoms with Crippen LogP contribution in [0.1, 0.15) is 15.9 Å². The molecular formula is C19H23Cl3N2O. The van der Waals surface area contributed by atoms with Gasteiger partial charge in [-0.2, -0.15) is 0 Å². The maximum atomic E-state index is 12.2. The number of hydrogen-bond acceptors (Lipinski definition) is 3. The molecule has 0 bridgehead atoms. The van der Waals surface area contributed by atoms with Crippen molar-refractivity contribution in [2.24, 2.45) is 0 Å². The van der Waals surface area contributed by atoms with Crippen LogP contribution in [0.2, 0.25) is 5.02 Å². The Morgan fingerprint density at radius 3 is 2.00 bits per heavy atom. The summed E-state index contributed by atoms with van der Waals surface area (Å²) < 4.78 is 0. The standard InChI is InChI=1S/C19H21ClN2O.2ClH/c20-18-8-6-16(7-9-18)14-21-10-12-22(13-11-21)15-19(23)17-4-2-1-3-5-17;;/h1-9H,10-15H2;2*1H. The molecule has 1 fully saturated rings. The second-order valence-electron chi connectivity index (χ2n) is 5.97. The fourth-order valence-corrected chi connectivity index (χ4v) is 3.00. The molecule has 25 heavy (non-hydrogen) atoms. The Morgan fingerprint density at radius 2 is 1.40 bits per heavy atom. The van der Waals surface area contributed by atoms with Crippen molar-refractivity contribution in [2.75, 3.05) is 32.7 Å². The van der Waals surface area contributed by atoms with Crippen LogP contribution in [-0.2, 0) is 6.54 Å². The number of Topliss-reactive ketones (excluding diaryl/α,β-unsaturated/α-hetero) is 1. The highest BCUT2D eigenvalue weighted by molar-refractivity contribution is 6.30. The summed E-state index contributed by atoms with van der Waals surface area (Å²) in [6.07, 6.45) is 0. The van der Waals surface area contributed by atoms with E-state index in [-0.39, 0.29) is 30.6 Å². The van der Waals surface area contributed by atoms with Gasteiger partial charge in [0.2, 0.25) is 0 Å². The van der Waals surface area contributed by atoms with E-state index in [4.69, 9.17) is 11.6 Å². The molecule has 0 unspecified atom stereocenters. The third-order valence-electron chi connectivity index (χ3n) is 4.25. The molecule has 1 aliphatic rings. The van der Waals surface area contributed by atoms with Crippen molar-refractivity contribution >= 4 is 42.2 Å². The quantitative estimate of drug-likeness (QED) is 0.702. The lowest BCUT2D eigenvalue weighted by Crippen LogP contribution is -2.47. The van der Waals surface area contributed by atoms with E-state index in [0.717, 1.165) is 43.3 Å². The summed E-state index contributed by atoms with van der Waals surface area (Å²) in [5, 5.41) is 0.776. The molecule has 0 spiro atoms. The van der Waals surface area contributed by atoms with Gasteiger partial charge in [0.05, 0.1) is 6.54 Å². The molecule has 2 aromatic rings. The maximum Gasteiger partial charge on any atom is 0.176 e. The Balaban J connectivity index is 0.00000156. The lowest BCUT2D eigenvalue weighted by atomic mass is 10.1. The molecule has 1 heterocycles. The number of carbonyl (C=O) groups is 1. The highest BCUT2D eigenvalue weighted by Gasteiger charge is 2.19. The summed E-state index contributed by atoms with van der Waals surface area (Å²) >= 11 is 5.92. The van der Waals surface area contributed by atoms with Crippen LogP contribution in [0, 0.1) is 0 Å². The van der Waals surface area contributed by atoms with Crippen LogP contribution in [-0.4, -0.2) is 48.3 Å². The minimum absolute atomic E-state index is 0. The van der Waals surface area contributed by atoms with Gasteiger partial charge in [0.25, 0.3) is 0 Å². The highest BCUT2D eigenvalue weighted by Crippen LogP contribution is 2.13. The first-order chi connectivity index (χ1) is 11.2. The van der Waals surface area contributed by atoms with Gasteiger partial charge in [0.1, 0.15) is 0 Å². The molecule has 3 nitrogen and oxygen atoms in total. The van der Waals surface area contributed by atoms with E-state index < -0.39 is 0 Å². The Morgan fingerprint density at radius 1 is 0.840 bits per heavy atom. The highest BCUT2D eigenvalue weighted by atomic mass is 35.5. The third kappa shape index (κ3) is 6.61. The van der Waals surface area contributed by atoms with Gasteiger partial charge in [-0.25, -0.2) is 0 Å². The largest absolute Gasteiger partial charge is 0.297 e. The van der Waals surface area contributed by atoms with Crippen molar-refractivity contribution in [3.05, 3.63) is 70.7 Å². The minimum atomic E-state index is 0. The average Bonchev–Trinajstić information content (AvgIpc) is 2.59. The van der Waals surface area contributed by atoms with Gasteiger partial charge in [-0.1, -0.05) is 54.1 Å². The fraction of sp³-hybridized carbons (Fsp3) is 0.316. The van der Waals surface area contributed by atoms with E-state index in [9.17, 15) is 4.79 Å². The van der Waals surface area contributed by atoms with Crippen molar-refractivity contribution in [1.82, 2.24) is 9.80 Å².